The van der Waals surface area contributed by atoms with Gasteiger partial charge in [0.1, 0.15) is 6.61 Å². The first-order valence-electron chi connectivity index (χ1n) is 8.00. The van der Waals surface area contributed by atoms with E-state index < -0.39 is 0 Å². The Labute approximate surface area is 131 Å². The van der Waals surface area contributed by atoms with Crippen LogP contribution < -0.4 is 0 Å². The lowest BCUT2D eigenvalue weighted by molar-refractivity contribution is 0.0943. The molecule has 0 bridgehead atoms. The van der Waals surface area contributed by atoms with Gasteiger partial charge in [-0.15, -0.1) is 11.3 Å². The smallest absolute Gasteiger partial charge is 0.104 e. The number of nitrogens with zero attached hydrogens (tertiary/aromatic N) is 2. The lowest BCUT2D eigenvalue weighted by Crippen LogP contribution is -2.49. The number of aliphatic hydroxyl groups is 1. The molecule has 0 aromatic carbocycles. The van der Waals surface area contributed by atoms with Crippen LogP contribution in [-0.2, 0) is 6.54 Å². The molecular formula is C17H24N2OS. The summed E-state index contributed by atoms with van der Waals surface area (Å²) in [6.45, 7) is 5.82. The molecule has 1 N–H and O–H groups in total. The van der Waals surface area contributed by atoms with Crippen molar-refractivity contribution in [2.45, 2.75) is 38.3 Å². The van der Waals surface area contributed by atoms with Crippen LogP contribution >= 0.6 is 11.3 Å². The largest absolute Gasteiger partial charge is 0.384 e. The lowest BCUT2D eigenvalue weighted by atomic mass is 10.2. The number of thiophene rings is 1. The van der Waals surface area contributed by atoms with Crippen LogP contribution in [-0.4, -0.2) is 53.7 Å². The van der Waals surface area contributed by atoms with Gasteiger partial charge in [0, 0.05) is 43.6 Å². The van der Waals surface area contributed by atoms with E-state index in [9.17, 15) is 0 Å². The number of hydrogen-bond acceptors (Lipinski definition) is 4. The van der Waals surface area contributed by atoms with E-state index in [1.807, 2.05) is 0 Å². The molecule has 2 fully saturated rings. The van der Waals surface area contributed by atoms with Crippen LogP contribution in [0.25, 0.3) is 0 Å². The molecule has 3 rings (SSSR count). The van der Waals surface area contributed by atoms with Crippen molar-refractivity contribution in [3.05, 3.63) is 21.9 Å². The molecule has 1 saturated heterocycles. The second kappa shape index (κ2) is 7.42. The van der Waals surface area contributed by atoms with Gasteiger partial charge in [-0.05, 0) is 25.0 Å². The zero-order chi connectivity index (χ0) is 14.5. The zero-order valence-corrected chi connectivity index (χ0v) is 13.4. The average Bonchev–Trinajstić information content (AvgIpc) is 3.17. The molecule has 4 heteroatoms. The van der Waals surface area contributed by atoms with E-state index in [1.54, 1.807) is 11.3 Å². The molecule has 21 heavy (non-hydrogen) atoms. The highest BCUT2D eigenvalue weighted by atomic mass is 32.1. The van der Waals surface area contributed by atoms with Crippen molar-refractivity contribution in [1.82, 2.24) is 9.80 Å². The third-order valence-corrected chi connectivity index (χ3v) is 5.57. The summed E-state index contributed by atoms with van der Waals surface area (Å²) in [5.41, 5.74) is 0. The molecule has 0 unspecified atom stereocenters. The number of hydrogen-bond donors (Lipinski definition) is 1. The van der Waals surface area contributed by atoms with E-state index >= 15 is 0 Å². The van der Waals surface area contributed by atoms with Crippen LogP contribution in [0.3, 0.4) is 0 Å². The summed E-state index contributed by atoms with van der Waals surface area (Å²) in [6.07, 6.45) is 5.69. The van der Waals surface area contributed by atoms with Crippen molar-refractivity contribution >= 4 is 11.3 Å². The fourth-order valence-corrected chi connectivity index (χ4v) is 4.36. The zero-order valence-electron chi connectivity index (χ0n) is 12.6. The summed E-state index contributed by atoms with van der Waals surface area (Å²) in [5, 5.41) is 8.73. The molecular weight excluding hydrogens is 280 g/mol. The van der Waals surface area contributed by atoms with E-state index in [0.717, 1.165) is 17.5 Å². The fraction of sp³-hybridized carbons (Fsp3) is 0.647. The van der Waals surface area contributed by atoms with E-state index in [2.05, 4.69) is 33.8 Å². The molecule has 1 aliphatic carbocycles. The normalized spacial score (nSPS) is 21.4. The molecule has 0 radical (unpaired) electrons. The van der Waals surface area contributed by atoms with Gasteiger partial charge in [0.15, 0.2) is 0 Å². The van der Waals surface area contributed by atoms with Gasteiger partial charge in [0.2, 0.25) is 0 Å². The Morgan fingerprint density at radius 3 is 2.62 bits per heavy atom. The summed E-state index contributed by atoms with van der Waals surface area (Å²) in [4.78, 5) is 7.70. The maximum absolute atomic E-state index is 8.73. The van der Waals surface area contributed by atoms with E-state index in [1.165, 1.54) is 56.7 Å². The third-order valence-electron chi connectivity index (χ3n) is 4.58. The summed E-state index contributed by atoms with van der Waals surface area (Å²) in [7, 11) is 0. The van der Waals surface area contributed by atoms with E-state index in [-0.39, 0.29) is 6.61 Å². The highest BCUT2D eigenvalue weighted by Crippen LogP contribution is 2.25. The molecule has 114 valence electrons. The predicted octanol–water partition coefficient (Wildman–Crippen LogP) is 2.15. The topological polar surface area (TPSA) is 26.7 Å². The second-order valence-corrected chi connectivity index (χ2v) is 7.14. The monoisotopic (exact) mass is 304 g/mol. The Kier molecular flexibility index (Phi) is 5.32. The van der Waals surface area contributed by atoms with Gasteiger partial charge in [0.25, 0.3) is 0 Å². The van der Waals surface area contributed by atoms with Crippen molar-refractivity contribution in [3.8, 4) is 11.8 Å². The second-order valence-electron chi connectivity index (χ2n) is 5.98. The highest BCUT2D eigenvalue weighted by molar-refractivity contribution is 7.12. The maximum atomic E-state index is 8.73. The molecule has 1 aromatic rings. The highest BCUT2D eigenvalue weighted by Gasteiger charge is 2.26. The standard InChI is InChI=1S/C17H24N2OS/c20-13-3-6-16-7-8-17(21-16)14-18-9-11-19(12-10-18)15-4-1-2-5-15/h7-8,15,20H,1-2,4-5,9-14H2. The molecule has 0 amide bonds. The van der Waals surface area contributed by atoms with Gasteiger partial charge in [-0.25, -0.2) is 0 Å². The van der Waals surface area contributed by atoms with Crippen molar-refractivity contribution < 1.29 is 5.11 Å². The first-order valence-corrected chi connectivity index (χ1v) is 8.81. The van der Waals surface area contributed by atoms with Crippen molar-refractivity contribution in [1.29, 1.82) is 0 Å². The van der Waals surface area contributed by atoms with Crippen molar-refractivity contribution in [2.75, 3.05) is 32.8 Å². The van der Waals surface area contributed by atoms with Gasteiger partial charge in [0.05, 0.1) is 4.88 Å². The van der Waals surface area contributed by atoms with Crippen LogP contribution in [0.15, 0.2) is 12.1 Å². The Bertz CT molecular complexity index is 502. The number of piperazine rings is 1. The molecule has 2 aliphatic rings. The van der Waals surface area contributed by atoms with Crippen molar-refractivity contribution in [3.63, 3.8) is 0 Å². The van der Waals surface area contributed by atoms with Crippen LogP contribution in [0.2, 0.25) is 0 Å². The first-order chi connectivity index (χ1) is 10.3. The third kappa shape index (κ3) is 4.08. The molecule has 1 aromatic heterocycles. The maximum Gasteiger partial charge on any atom is 0.104 e. The van der Waals surface area contributed by atoms with Crippen LogP contribution in [0.4, 0.5) is 0 Å². The van der Waals surface area contributed by atoms with Crippen LogP contribution in [0.5, 0.6) is 0 Å². The summed E-state index contributed by atoms with van der Waals surface area (Å²) < 4.78 is 0. The summed E-state index contributed by atoms with van der Waals surface area (Å²) >= 11 is 1.75. The predicted molar refractivity (Wildman–Crippen MR) is 87.4 cm³/mol. The quantitative estimate of drug-likeness (QED) is 0.867. The van der Waals surface area contributed by atoms with Gasteiger partial charge in [-0.2, -0.15) is 0 Å². The Balaban J connectivity index is 1.47. The minimum atomic E-state index is -0.0592. The fourth-order valence-electron chi connectivity index (χ4n) is 3.43. The molecule has 0 atom stereocenters. The Morgan fingerprint density at radius 1 is 1.14 bits per heavy atom. The van der Waals surface area contributed by atoms with Crippen LogP contribution in [0.1, 0.15) is 35.4 Å². The molecule has 2 heterocycles. The van der Waals surface area contributed by atoms with Gasteiger partial charge < -0.3 is 5.11 Å². The van der Waals surface area contributed by atoms with Crippen molar-refractivity contribution in [2.24, 2.45) is 0 Å². The molecule has 1 saturated carbocycles. The molecule has 1 aliphatic heterocycles. The minimum Gasteiger partial charge on any atom is -0.384 e. The number of aliphatic hydroxyl groups excluding tert-OH is 1. The lowest BCUT2D eigenvalue weighted by Gasteiger charge is -2.37. The Morgan fingerprint density at radius 2 is 1.90 bits per heavy atom. The van der Waals surface area contributed by atoms with Gasteiger partial charge in [-0.1, -0.05) is 24.7 Å². The molecule has 3 nitrogen and oxygen atoms in total. The van der Waals surface area contributed by atoms with Crippen LogP contribution in [0, 0.1) is 11.8 Å². The van der Waals surface area contributed by atoms with Gasteiger partial charge >= 0.3 is 0 Å². The minimum absolute atomic E-state index is 0.0592. The average molecular weight is 304 g/mol. The SMILES string of the molecule is OCC#Cc1ccc(CN2CCN(C3CCCC3)CC2)s1. The first kappa shape index (κ1) is 15.1. The summed E-state index contributed by atoms with van der Waals surface area (Å²) in [5.74, 6) is 5.70. The van der Waals surface area contributed by atoms with E-state index in [4.69, 9.17) is 5.11 Å². The van der Waals surface area contributed by atoms with E-state index in [0.29, 0.717) is 0 Å². The number of rotatable bonds is 3. The summed E-state index contributed by atoms with van der Waals surface area (Å²) in [6, 6.07) is 5.11. The molecule has 0 spiro atoms. The Hall–Kier alpha value is -0.860. The van der Waals surface area contributed by atoms with Gasteiger partial charge in [-0.3, -0.25) is 9.80 Å².